The molecule has 1 aliphatic heterocycles. The summed E-state index contributed by atoms with van der Waals surface area (Å²) in [5.41, 5.74) is -1.45. The fraction of sp³-hybridized carbons (Fsp3) is 0.318. The lowest BCUT2D eigenvalue weighted by molar-refractivity contribution is -0.384. The highest BCUT2D eigenvalue weighted by Gasteiger charge is 2.33. The summed E-state index contributed by atoms with van der Waals surface area (Å²) in [6.07, 6.45) is -4.60. The summed E-state index contributed by atoms with van der Waals surface area (Å²) in [7, 11) is 0. The van der Waals surface area contributed by atoms with Crippen molar-refractivity contribution in [1.29, 1.82) is 0 Å². The topological polar surface area (TPSA) is 125 Å². The molecule has 0 aliphatic carbocycles. The number of nitro groups is 1. The Balaban J connectivity index is 1.45. The number of nitrogens with one attached hydrogen (secondary N) is 2. The lowest BCUT2D eigenvalue weighted by Crippen LogP contribution is -2.52. The van der Waals surface area contributed by atoms with Gasteiger partial charge in [-0.3, -0.25) is 29.4 Å². The van der Waals surface area contributed by atoms with Crippen molar-refractivity contribution in [2.75, 3.05) is 44.6 Å². The molecular weight excluding hydrogens is 471 g/mol. The predicted molar refractivity (Wildman–Crippen MR) is 119 cm³/mol. The van der Waals surface area contributed by atoms with E-state index in [1.54, 1.807) is 4.90 Å². The zero-order valence-corrected chi connectivity index (χ0v) is 18.4. The van der Waals surface area contributed by atoms with E-state index in [1.165, 1.54) is 41.3 Å². The Labute approximate surface area is 197 Å². The van der Waals surface area contributed by atoms with E-state index in [0.29, 0.717) is 13.1 Å². The van der Waals surface area contributed by atoms with Crippen molar-refractivity contribution < 1.29 is 32.5 Å². The third-order valence-electron chi connectivity index (χ3n) is 5.32. The molecule has 0 aromatic heterocycles. The minimum absolute atomic E-state index is 0.0509. The molecule has 0 radical (unpaired) electrons. The first-order valence-electron chi connectivity index (χ1n) is 10.5. The molecule has 1 heterocycles. The number of benzene rings is 2. The zero-order valence-electron chi connectivity index (χ0n) is 18.4. The van der Waals surface area contributed by atoms with Crippen LogP contribution in [0.3, 0.4) is 0 Å². The standard InChI is InChI=1S/C22H22F3N5O5/c23-22(24,25)17-6-1-2-7-18(17)27-19(31)14-28-8-10-29(11-9-28)20(32)13-26-21(33)15-4-3-5-16(12-15)30(34)35/h1-7,12H,8-11,13-14H2,(H,26,33)(H,27,31). The molecule has 0 saturated carbocycles. The van der Waals surface area contributed by atoms with Crippen molar-refractivity contribution in [1.82, 2.24) is 15.1 Å². The highest BCUT2D eigenvalue weighted by Crippen LogP contribution is 2.34. The van der Waals surface area contributed by atoms with Gasteiger partial charge in [0.05, 0.1) is 29.3 Å². The molecule has 2 N–H and O–H groups in total. The molecule has 1 saturated heterocycles. The number of amides is 3. The van der Waals surface area contributed by atoms with Crippen molar-refractivity contribution in [3.8, 4) is 0 Å². The highest BCUT2D eigenvalue weighted by atomic mass is 19.4. The molecule has 0 spiro atoms. The number of halogens is 3. The normalized spacial score (nSPS) is 14.3. The van der Waals surface area contributed by atoms with Crippen LogP contribution < -0.4 is 10.6 Å². The summed E-state index contributed by atoms with van der Waals surface area (Å²) in [6.45, 7) is 0.710. The molecule has 3 rings (SSSR count). The van der Waals surface area contributed by atoms with Gasteiger partial charge in [0.25, 0.3) is 11.6 Å². The fourth-order valence-corrected chi connectivity index (χ4v) is 3.52. The van der Waals surface area contributed by atoms with Crippen LogP contribution in [0.25, 0.3) is 0 Å². The van der Waals surface area contributed by atoms with E-state index in [2.05, 4.69) is 10.6 Å². The van der Waals surface area contributed by atoms with Gasteiger partial charge in [0.15, 0.2) is 0 Å². The minimum Gasteiger partial charge on any atom is -0.343 e. The van der Waals surface area contributed by atoms with Crippen molar-refractivity contribution in [3.63, 3.8) is 0 Å². The number of alkyl halides is 3. The number of anilines is 1. The Morgan fingerprint density at radius 2 is 1.69 bits per heavy atom. The van der Waals surface area contributed by atoms with Crippen LogP contribution >= 0.6 is 0 Å². The molecule has 2 aromatic rings. The minimum atomic E-state index is -4.60. The van der Waals surface area contributed by atoms with E-state index in [4.69, 9.17) is 0 Å². The number of nitro benzene ring substituents is 1. The first kappa shape index (κ1) is 25.6. The van der Waals surface area contributed by atoms with Gasteiger partial charge in [-0.2, -0.15) is 13.2 Å². The van der Waals surface area contributed by atoms with E-state index in [1.807, 2.05) is 0 Å². The first-order valence-corrected chi connectivity index (χ1v) is 10.5. The lowest BCUT2D eigenvalue weighted by atomic mass is 10.1. The molecule has 10 nitrogen and oxygen atoms in total. The molecule has 13 heteroatoms. The Bertz CT molecular complexity index is 1120. The number of para-hydroxylation sites is 1. The Morgan fingerprint density at radius 3 is 2.34 bits per heavy atom. The molecule has 0 unspecified atom stereocenters. The average Bonchev–Trinajstić information content (AvgIpc) is 2.82. The monoisotopic (exact) mass is 493 g/mol. The van der Waals surface area contributed by atoms with Crippen LogP contribution in [0.5, 0.6) is 0 Å². The molecule has 1 fully saturated rings. The van der Waals surface area contributed by atoms with Crippen molar-refractivity contribution in [2.45, 2.75) is 6.18 Å². The van der Waals surface area contributed by atoms with Gasteiger partial charge < -0.3 is 15.5 Å². The van der Waals surface area contributed by atoms with Crippen LogP contribution in [0, 0.1) is 10.1 Å². The van der Waals surface area contributed by atoms with Crippen LogP contribution in [0.4, 0.5) is 24.5 Å². The quantitative estimate of drug-likeness (QED) is 0.450. The molecular formula is C22H22F3N5O5. The van der Waals surface area contributed by atoms with Gasteiger partial charge in [0, 0.05) is 43.9 Å². The van der Waals surface area contributed by atoms with Crippen LogP contribution in [0.2, 0.25) is 0 Å². The second-order valence-corrected chi connectivity index (χ2v) is 7.74. The van der Waals surface area contributed by atoms with Gasteiger partial charge in [-0.1, -0.05) is 18.2 Å². The SMILES string of the molecule is O=C(CN1CCN(C(=O)CNC(=O)c2cccc([N+](=O)[O-])c2)CC1)Nc1ccccc1C(F)(F)F. The molecule has 35 heavy (non-hydrogen) atoms. The van der Waals surface area contributed by atoms with Gasteiger partial charge in [-0.25, -0.2) is 0 Å². The second kappa shape index (κ2) is 11.0. The predicted octanol–water partition coefficient (Wildman–Crippen LogP) is 2.13. The van der Waals surface area contributed by atoms with Gasteiger partial charge in [0.1, 0.15) is 0 Å². The largest absolute Gasteiger partial charge is 0.418 e. The maximum Gasteiger partial charge on any atom is 0.418 e. The second-order valence-electron chi connectivity index (χ2n) is 7.74. The smallest absolute Gasteiger partial charge is 0.343 e. The third kappa shape index (κ3) is 6.99. The number of non-ortho nitro benzene ring substituents is 1. The number of piperazine rings is 1. The summed E-state index contributed by atoms with van der Waals surface area (Å²) >= 11 is 0. The van der Waals surface area contributed by atoms with Crippen LogP contribution in [0.15, 0.2) is 48.5 Å². The third-order valence-corrected chi connectivity index (χ3v) is 5.32. The number of hydrogen-bond acceptors (Lipinski definition) is 6. The maximum absolute atomic E-state index is 13.1. The molecule has 0 bridgehead atoms. The lowest BCUT2D eigenvalue weighted by Gasteiger charge is -2.34. The summed E-state index contributed by atoms with van der Waals surface area (Å²) < 4.78 is 39.2. The average molecular weight is 493 g/mol. The summed E-state index contributed by atoms with van der Waals surface area (Å²) in [6, 6.07) is 9.81. The number of rotatable bonds is 7. The van der Waals surface area contributed by atoms with Crippen LogP contribution in [-0.4, -0.2) is 71.7 Å². The van der Waals surface area contributed by atoms with E-state index in [-0.39, 0.29) is 49.0 Å². The van der Waals surface area contributed by atoms with E-state index >= 15 is 0 Å². The highest BCUT2D eigenvalue weighted by molar-refractivity contribution is 5.97. The van der Waals surface area contributed by atoms with Gasteiger partial charge >= 0.3 is 6.18 Å². The molecule has 1 aliphatic rings. The Hall–Kier alpha value is -4.00. The van der Waals surface area contributed by atoms with Gasteiger partial charge in [-0.05, 0) is 18.2 Å². The van der Waals surface area contributed by atoms with E-state index < -0.39 is 28.5 Å². The zero-order chi connectivity index (χ0) is 25.6. The molecule has 186 valence electrons. The van der Waals surface area contributed by atoms with Crippen LogP contribution in [0.1, 0.15) is 15.9 Å². The molecule has 0 atom stereocenters. The fourth-order valence-electron chi connectivity index (χ4n) is 3.52. The van der Waals surface area contributed by atoms with Gasteiger partial charge in [-0.15, -0.1) is 0 Å². The number of nitrogens with zero attached hydrogens (tertiary/aromatic N) is 3. The number of hydrogen-bond donors (Lipinski definition) is 2. The van der Waals surface area contributed by atoms with Crippen molar-refractivity contribution >= 4 is 29.1 Å². The maximum atomic E-state index is 13.1. The Morgan fingerprint density at radius 1 is 1.00 bits per heavy atom. The summed E-state index contributed by atoms with van der Waals surface area (Å²) in [4.78, 5) is 50.3. The van der Waals surface area contributed by atoms with Crippen LogP contribution in [-0.2, 0) is 15.8 Å². The van der Waals surface area contributed by atoms with Gasteiger partial charge in [0.2, 0.25) is 11.8 Å². The number of carbonyl (C=O) groups excluding carboxylic acids is 3. The number of carbonyl (C=O) groups is 3. The summed E-state index contributed by atoms with van der Waals surface area (Å²) in [5, 5.41) is 15.5. The molecule has 2 aromatic carbocycles. The molecule has 3 amide bonds. The first-order chi connectivity index (χ1) is 16.5. The van der Waals surface area contributed by atoms with Crippen molar-refractivity contribution in [2.24, 2.45) is 0 Å². The summed E-state index contributed by atoms with van der Waals surface area (Å²) in [5.74, 6) is -1.60. The van der Waals surface area contributed by atoms with E-state index in [0.717, 1.165) is 12.1 Å². The van der Waals surface area contributed by atoms with Crippen molar-refractivity contribution in [3.05, 3.63) is 69.8 Å². The van der Waals surface area contributed by atoms with E-state index in [9.17, 15) is 37.7 Å². The Kier molecular flexibility index (Phi) is 8.02.